The van der Waals surface area contributed by atoms with E-state index >= 15 is 0 Å². The monoisotopic (exact) mass is 252 g/mol. The van der Waals surface area contributed by atoms with Crippen LogP contribution >= 0.6 is 0 Å². The first-order valence-electron chi connectivity index (χ1n) is 6.25. The molecule has 0 fully saturated rings. The minimum absolute atomic E-state index is 0.0479. The van der Waals surface area contributed by atoms with E-state index in [1.807, 2.05) is 54.6 Å². The molecule has 0 radical (unpaired) electrons. The molecule has 0 aromatic heterocycles. The second-order valence-electron chi connectivity index (χ2n) is 4.19. The van der Waals surface area contributed by atoms with Gasteiger partial charge < -0.3 is 5.32 Å². The molecule has 0 spiro atoms. The number of amides is 1. The summed E-state index contributed by atoms with van der Waals surface area (Å²) < 4.78 is 0. The van der Waals surface area contributed by atoms with E-state index in [0.717, 1.165) is 11.1 Å². The van der Waals surface area contributed by atoms with Gasteiger partial charge in [0.25, 0.3) is 0 Å². The summed E-state index contributed by atoms with van der Waals surface area (Å²) in [6, 6.07) is 16.9. The molecule has 0 heterocycles. The van der Waals surface area contributed by atoms with Gasteiger partial charge in [-0.05, 0) is 6.07 Å². The van der Waals surface area contributed by atoms with Crippen molar-refractivity contribution in [2.75, 3.05) is 5.32 Å². The van der Waals surface area contributed by atoms with Gasteiger partial charge >= 0.3 is 0 Å². The van der Waals surface area contributed by atoms with E-state index in [1.165, 1.54) is 0 Å². The predicted molar refractivity (Wildman–Crippen MR) is 77.7 cm³/mol. The molecule has 3 heteroatoms. The van der Waals surface area contributed by atoms with Crippen molar-refractivity contribution >= 4 is 17.3 Å². The number of rotatable bonds is 4. The molecule has 2 aromatic carbocycles. The third kappa shape index (κ3) is 3.07. The highest BCUT2D eigenvalue weighted by atomic mass is 16.1. The Hall–Kier alpha value is -2.42. The Bertz CT molecular complexity index is 591. The van der Waals surface area contributed by atoms with Crippen LogP contribution in [0.2, 0.25) is 0 Å². The van der Waals surface area contributed by atoms with Crippen molar-refractivity contribution in [1.29, 1.82) is 5.41 Å². The fraction of sp³-hybridized carbons (Fsp3) is 0.125. The van der Waals surface area contributed by atoms with Gasteiger partial charge in [0.2, 0.25) is 5.91 Å². The quantitative estimate of drug-likeness (QED) is 0.804. The summed E-state index contributed by atoms with van der Waals surface area (Å²) in [6.45, 7) is 1.81. The van der Waals surface area contributed by atoms with Crippen molar-refractivity contribution in [3.63, 3.8) is 0 Å². The molecular formula is C16H16N2O. The Morgan fingerprint density at radius 1 is 1.05 bits per heavy atom. The molecule has 0 saturated carbocycles. The van der Waals surface area contributed by atoms with Crippen LogP contribution in [0.3, 0.4) is 0 Å². The number of carbonyl (C=O) groups is 1. The van der Waals surface area contributed by atoms with Crippen LogP contribution in [0.15, 0.2) is 54.6 Å². The van der Waals surface area contributed by atoms with E-state index in [4.69, 9.17) is 5.41 Å². The molecule has 0 unspecified atom stereocenters. The lowest BCUT2D eigenvalue weighted by Gasteiger charge is -2.11. The van der Waals surface area contributed by atoms with Crippen molar-refractivity contribution in [3.8, 4) is 0 Å². The van der Waals surface area contributed by atoms with Crippen LogP contribution in [0.25, 0.3) is 0 Å². The van der Waals surface area contributed by atoms with Crippen LogP contribution in [0.1, 0.15) is 24.5 Å². The summed E-state index contributed by atoms with van der Waals surface area (Å²) >= 11 is 0. The average Bonchev–Trinajstić information content (AvgIpc) is 2.48. The molecule has 96 valence electrons. The van der Waals surface area contributed by atoms with Crippen molar-refractivity contribution in [1.82, 2.24) is 0 Å². The second kappa shape index (κ2) is 5.96. The van der Waals surface area contributed by atoms with E-state index in [-0.39, 0.29) is 5.91 Å². The van der Waals surface area contributed by atoms with E-state index < -0.39 is 0 Å². The summed E-state index contributed by atoms with van der Waals surface area (Å²) in [6.07, 6.45) is 0.424. The zero-order valence-electron chi connectivity index (χ0n) is 10.8. The maximum absolute atomic E-state index is 11.5. The fourth-order valence-corrected chi connectivity index (χ4v) is 1.81. The zero-order valence-corrected chi connectivity index (χ0v) is 10.8. The lowest BCUT2D eigenvalue weighted by Crippen LogP contribution is -2.13. The molecule has 0 saturated heterocycles. The van der Waals surface area contributed by atoms with Crippen LogP contribution in [0.4, 0.5) is 5.69 Å². The molecule has 0 aliphatic carbocycles. The molecule has 1 amide bonds. The van der Waals surface area contributed by atoms with Crippen LogP contribution in [0, 0.1) is 5.41 Å². The maximum atomic E-state index is 11.5. The van der Waals surface area contributed by atoms with Gasteiger partial charge in [0.15, 0.2) is 0 Å². The van der Waals surface area contributed by atoms with Gasteiger partial charge in [0, 0.05) is 17.5 Å². The van der Waals surface area contributed by atoms with Gasteiger partial charge in [-0.1, -0.05) is 55.5 Å². The van der Waals surface area contributed by atoms with E-state index in [1.54, 1.807) is 6.92 Å². The minimum Gasteiger partial charge on any atom is -0.325 e. The lowest BCUT2D eigenvalue weighted by molar-refractivity contribution is -0.115. The molecule has 3 nitrogen and oxygen atoms in total. The molecule has 19 heavy (non-hydrogen) atoms. The number of nitrogens with one attached hydrogen (secondary N) is 2. The van der Waals surface area contributed by atoms with Crippen molar-refractivity contribution in [3.05, 3.63) is 65.7 Å². The topological polar surface area (TPSA) is 53.0 Å². The number of carbonyl (C=O) groups excluding carboxylic acids is 1. The van der Waals surface area contributed by atoms with Gasteiger partial charge in [-0.15, -0.1) is 0 Å². The molecule has 0 bridgehead atoms. The third-order valence-electron chi connectivity index (χ3n) is 2.85. The number of para-hydroxylation sites is 1. The Labute approximate surface area is 112 Å². The molecule has 0 atom stereocenters. The summed E-state index contributed by atoms with van der Waals surface area (Å²) in [5.74, 6) is -0.0479. The molecule has 0 aliphatic rings. The van der Waals surface area contributed by atoms with Gasteiger partial charge in [-0.25, -0.2) is 0 Å². The highest BCUT2D eigenvalue weighted by molar-refractivity contribution is 6.15. The van der Waals surface area contributed by atoms with Crippen LogP contribution in [-0.2, 0) is 4.79 Å². The standard InChI is InChI=1S/C16H16N2O/c1-2-15(19)18-14-11-7-6-10-13(14)16(17)12-8-4-3-5-9-12/h3-11,17H,2H2,1H3,(H,18,19). The van der Waals surface area contributed by atoms with Crippen molar-refractivity contribution in [2.45, 2.75) is 13.3 Å². The van der Waals surface area contributed by atoms with Gasteiger partial charge in [0.1, 0.15) is 0 Å². The summed E-state index contributed by atoms with van der Waals surface area (Å²) in [4.78, 5) is 11.5. The Morgan fingerprint density at radius 3 is 2.37 bits per heavy atom. The predicted octanol–water partition coefficient (Wildman–Crippen LogP) is 3.45. The van der Waals surface area contributed by atoms with Crippen LogP contribution < -0.4 is 5.32 Å². The van der Waals surface area contributed by atoms with Crippen LogP contribution in [0.5, 0.6) is 0 Å². The number of benzene rings is 2. The fourth-order valence-electron chi connectivity index (χ4n) is 1.81. The largest absolute Gasteiger partial charge is 0.325 e. The zero-order chi connectivity index (χ0) is 13.7. The summed E-state index contributed by atoms with van der Waals surface area (Å²) in [5.41, 5.74) is 2.66. The first-order valence-corrected chi connectivity index (χ1v) is 6.25. The van der Waals surface area contributed by atoms with E-state index in [9.17, 15) is 4.79 Å². The molecule has 0 aliphatic heterocycles. The SMILES string of the molecule is CCC(=O)Nc1ccccc1C(=N)c1ccccc1. The second-order valence-corrected chi connectivity index (χ2v) is 4.19. The smallest absolute Gasteiger partial charge is 0.224 e. The highest BCUT2D eigenvalue weighted by Gasteiger charge is 2.10. The van der Waals surface area contributed by atoms with Gasteiger partial charge in [-0.3, -0.25) is 10.2 Å². The highest BCUT2D eigenvalue weighted by Crippen LogP contribution is 2.19. The molecule has 2 N–H and O–H groups in total. The average molecular weight is 252 g/mol. The molecule has 2 rings (SSSR count). The third-order valence-corrected chi connectivity index (χ3v) is 2.85. The minimum atomic E-state index is -0.0479. The molecular weight excluding hydrogens is 236 g/mol. The summed E-state index contributed by atoms with van der Waals surface area (Å²) in [5, 5.41) is 11.1. The van der Waals surface area contributed by atoms with E-state index in [0.29, 0.717) is 17.8 Å². The number of hydrogen-bond donors (Lipinski definition) is 2. The lowest BCUT2D eigenvalue weighted by atomic mass is 10.0. The first-order chi connectivity index (χ1) is 9.22. The Morgan fingerprint density at radius 2 is 1.68 bits per heavy atom. The van der Waals surface area contributed by atoms with Gasteiger partial charge in [-0.2, -0.15) is 0 Å². The van der Waals surface area contributed by atoms with Gasteiger partial charge in [0.05, 0.1) is 11.4 Å². The maximum Gasteiger partial charge on any atom is 0.224 e. The number of hydrogen-bond acceptors (Lipinski definition) is 2. The Balaban J connectivity index is 2.35. The Kier molecular flexibility index (Phi) is 4.08. The van der Waals surface area contributed by atoms with Crippen LogP contribution in [-0.4, -0.2) is 11.6 Å². The van der Waals surface area contributed by atoms with E-state index in [2.05, 4.69) is 5.32 Å². The van der Waals surface area contributed by atoms with Crippen molar-refractivity contribution in [2.24, 2.45) is 0 Å². The summed E-state index contributed by atoms with van der Waals surface area (Å²) in [7, 11) is 0. The molecule has 2 aromatic rings. The normalized spacial score (nSPS) is 9.95. The number of anilines is 1. The van der Waals surface area contributed by atoms with Crippen molar-refractivity contribution < 1.29 is 4.79 Å². The first kappa shape index (κ1) is 13.0.